The first-order chi connectivity index (χ1) is 17.8. The van der Waals surface area contributed by atoms with E-state index in [1.54, 1.807) is 50.2 Å². The van der Waals surface area contributed by atoms with Crippen LogP contribution in [0.1, 0.15) is 44.4 Å². The van der Waals surface area contributed by atoms with Crippen molar-refractivity contribution < 1.29 is 18.0 Å². The Hall–Kier alpha value is -3.65. The SMILES string of the molecule is Cc1ccc(CN(C(=O)CN(c2ccccc2C)S(=O)(=O)c2ccccc2)C(C)C(=O)NC(C)(C)C)cc1. The summed E-state index contributed by atoms with van der Waals surface area (Å²) in [4.78, 5) is 28.6. The van der Waals surface area contributed by atoms with Crippen molar-refractivity contribution in [1.29, 1.82) is 0 Å². The van der Waals surface area contributed by atoms with Gasteiger partial charge >= 0.3 is 0 Å². The molecule has 0 fully saturated rings. The summed E-state index contributed by atoms with van der Waals surface area (Å²) in [6.07, 6.45) is 0. The number of rotatable bonds is 9. The largest absolute Gasteiger partial charge is 0.350 e. The van der Waals surface area contributed by atoms with Gasteiger partial charge in [0.05, 0.1) is 10.6 Å². The number of sulfonamides is 1. The molecule has 38 heavy (non-hydrogen) atoms. The number of benzene rings is 3. The van der Waals surface area contributed by atoms with Crippen LogP contribution in [0.4, 0.5) is 5.69 Å². The Morgan fingerprint density at radius 3 is 2.03 bits per heavy atom. The molecule has 0 heterocycles. The van der Waals surface area contributed by atoms with Gasteiger partial charge in [-0.1, -0.05) is 66.2 Å². The summed E-state index contributed by atoms with van der Waals surface area (Å²) in [6.45, 7) is 10.8. The van der Waals surface area contributed by atoms with E-state index in [1.165, 1.54) is 17.0 Å². The maximum atomic E-state index is 13.9. The number of carbonyl (C=O) groups is 2. The lowest BCUT2D eigenvalue weighted by molar-refractivity contribution is -0.140. The van der Waals surface area contributed by atoms with Crippen molar-refractivity contribution in [2.75, 3.05) is 10.8 Å². The Labute approximate surface area is 226 Å². The predicted molar refractivity (Wildman–Crippen MR) is 151 cm³/mol. The van der Waals surface area contributed by atoms with Crippen LogP contribution in [0, 0.1) is 13.8 Å². The van der Waals surface area contributed by atoms with Gasteiger partial charge in [0, 0.05) is 12.1 Å². The van der Waals surface area contributed by atoms with Crippen molar-refractivity contribution in [2.45, 2.75) is 64.6 Å². The van der Waals surface area contributed by atoms with Gasteiger partial charge in [0.15, 0.2) is 0 Å². The van der Waals surface area contributed by atoms with Crippen LogP contribution in [0.5, 0.6) is 0 Å². The Kier molecular flexibility index (Phi) is 8.99. The average Bonchev–Trinajstić information content (AvgIpc) is 2.86. The molecule has 3 aromatic rings. The van der Waals surface area contributed by atoms with E-state index >= 15 is 0 Å². The molecule has 3 aromatic carbocycles. The number of nitrogens with zero attached hydrogens (tertiary/aromatic N) is 2. The molecule has 0 aliphatic carbocycles. The molecule has 7 nitrogen and oxygen atoms in total. The number of aryl methyl sites for hydroxylation is 2. The Balaban J connectivity index is 2.03. The highest BCUT2D eigenvalue weighted by atomic mass is 32.2. The molecule has 0 aliphatic rings. The van der Waals surface area contributed by atoms with E-state index < -0.39 is 34.1 Å². The first-order valence-corrected chi connectivity index (χ1v) is 14.0. The highest BCUT2D eigenvalue weighted by molar-refractivity contribution is 7.92. The standard InChI is InChI=1S/C30H37N3O4S/c1-22-16-18-25(19-17-22)20-32(24(3)29(35)31-30(4,5)6)28(34)21-33(27-15-11-10-12-23(27)2)38(36,37)26-13-8-7-9-14-26/h7-19,24H,20-21H2,1-6H3,(H,31,35). The summed E-state index contributed by atoms with van der Waals surface area (Å²) >= 11 is 0. The summed E-state index contributed by atoms with van der Waals surface area (Å²) in [5, 5.41) is 2.93. The van der Waals surface area contributed by atoms with E-state index in [1.807, 2.05) is 58.0 Å². The smallest absolute Gasteiger partial charge is 0.264 e. The number of hydrogen-bond donors (Lipinski definition) is 1. The van der Waals surface area contributed by atoms with Crippen LogP contribution < -0.4 is 9.62 Å². The topological polar surface area (TPSA) is 86.8 Å². The van der Waals surface area contributed by atoms with Crippen molar-refractivity contribution in [3.05, 3.63) is 95.6 Å². The predicted octanol–water partition coefficient (Wildman–Crippen LogP) is 4.83. The molecular weight excluding hydrogens is 498 g/mol. The minimum absolute atomic E-state index is 0.0830. The number of nitrogens with one attached hydrogen (secondary N) is 1. The summed E-state index contributed by atoms with van der Waals surface area (Å²) < 4.78 is 28.7. The second-order valence-electron chi connectivity index (χ2n) is 10.5. The molecule has 0 spiro atoms. The van der Waals surface area contributed by atoms with E-state index in [0.29, 0.717) is 11.3 Å². The van der Waals surface area contributed by atoms with Crippen molar-refractivity contribution in [2.24, 2.45) is 0 Å². The van der Waals surface area contributed by atoms with Crippen LogP contribution >= 0.6 is 0 Å². The van der Waals surface area contributed by atoms with Crippen LogP contribution in [0.3, 0.4) is 0 Å². The summed E-state index contributed by atoms with van der Waals surface area (Å²) in [6, 6.07) is 22.0. The van der Waals surface area contributed by atoms with Crippen LogP contribution in [0.15, 0.2) is 83.8 Å². The first kappa shape index (κ1) is 28.9. The quantitative estimate of drug-likeness (QED) is 0.425. The maximum Gasteiger partial charge on any atom is 0.264 e. The number of anilines is 1. The molecule has 2 amide bonds. The third-order valence-electron chi connectivity index (χ3n) is 6.13. The number of hydrogen-bond acceptors (Lipinski definition) is 4. The lowest BCUT2D eigenvalue weighted by Gasteiger charge is -2.33. The fraction of sp³-hybridized carbons (Fsp3) is 0.333. The van der Waals surface area contributed by atoms with Gasteiger partial charge in [-0.05, 0) is 70.9 Å². The molecular formula is C30H37N3O4S. The second-order valence-corrected chi connectivity index (χ2v) is 12.4. The summed E-state index contributed by atoms with van der Waals surface area (Å²) in [5.74, 6) is -0.795. The number of para-hydroxylation sites is 1. The molecule has 8 heteroatoms. The molecule has 0 aromatic heterocycles. The Bertz CT molecular complexity index is 1360. The monoisotopic (exact) mass is 535 g/mol. The van der Waals surface area contributed by atoms with Crippen LogP contribution in [0.2, 0.25) is 0 Å². The van der Waals surface area contributed by atoms with Gasteiger partial charge < -0.3 is 10.2 Å². The molecule has 202 valence electrons. The van der Waals surface area contributed by atoms with Crippen molar-refractivity contribution >= 4 is 27.5 Å². The Morgan fingerprint density at radius 2 is 1.45 bits per heavy atom. The third kappa shape index (κ3) is 7.22. The van der Waals surface area contributed by atoms with Gasteiger partial charge in [-0.25, -0.2) is 8.42 Å². The van der Waals surface area contributed by atoms with E-state index in [0.717, 1.165) is 15.4 Å². The molecule has 1 unspecified atom stereocenters. The third-order valence-corrected chi connectivity index (χ3v) is 7.91. The molecule has 0 aliphatic heterocycles. The summed E-state index contributed by atoms with van der Waals surface area (Å²) in [5.41, 5.74) is 2.54. The van der Waals surface area contributed by atoms with Crippen molar-refractivity contribution in [3.63, 3.8) is 0 Å². The zero-order valence-corrected chi connectivity index (χ0v) is 23.7. The second kappa shape index (κ2) is 11.8. The van der Waals surface area contributed by atoms with Crippen molar-refractivity contribution in [3.8, 4) is 0 Å². The number of carbonyl (C=O) groups excluding carboxylic acids is 2. The fourth-order valence-electron chi connectivity index (χ4n) is 4.02. The van der Waals surface area contributed by atoms with Gasteiger partial charge in [-0.15, -0.1) is 0 Å². The highest BCUT2D eigenvalue weighted by Crippen LogP contribution is 2.27. The van der Waals surface area contributed by atoms with Crippen LogP contribution in [-0.4, -0.2) is 43.3 Å². The maximum absolute atomic E-state index is 13.9. The molecule has 1 atom stereocenters. The van der Waals surface area contributed by atoms with E-state index in [-0.39, 0.29) is 17.3 Å². The fourth-order valence-corrected chi connectivity index (χ4v) is 5.52. The van der Waals surface area contributed by atoms with Crippen molar-refractivity contribution in [1.82, 2.24) is 10.2 Å². The Morgan fingerprint density at radius 1 is 0.868 bits per heavy atom. The molecule has 0 radical (unpaired) electrons. The molecule has 1 N–H and O–H groups in total. The van der Waals surface area contributed by atoms with Gasteiger partial charge in [0.25, 0.3) is 10.0 Å². The minimum atomic E-state index is -4.07. The highest BCUT2D eigenvalue weighted by Gasteiger charge is 2.33. The number of amides is 2. The minimum Gasteiger partial charge on any atom is -0.350 e. The van der Waals surface area contributed by atoms with Crippen LogP contribution in [-0.2, 0) is 26.2 Å². The lowest BCUT2D eigenvalue weighted by Crippen LogP contribution is -2.54. The normalized spacial score (nSPS) is 12.5. The van der Waals surface area contributed by atoms with E-state index in [9.17, 15) is 18.0 Å². The molecule has 0 bridgehead atoms. The zero-order chi connectivity index (χ0) is 28.1. The van der Waals surface area contributed by atoms with Crippen LogP contribution in [0.25, 0.3) is 0 Å². The van der Waals surface area contributed by atoms with Gasteiger partial charge in [-0.3, -0.25) is 13.9 Å². The molecule has 0 saturated carbocycles. The van der Waals surface area contributed by atoms with Gasteiger partial charge in [0.2, 0.25) is 11.8 Å². The van der Waals surface area contributed by atoms with E-state index in [4.69, 9.17) is 0 Å². The van der Waals surface area contributed by atoms with Gasteiger partial charge in [-0.2, -0.15) is 0 Å². The van der Waals surface area contributed by atoms with E-state index in [2.05, 4.69) is 5.32 Å². The first-order valence-electron chi connectivity index (χ1n) is 12.6. The summed E-state index contributed by atoms with van der Waals surface area (Å²) in [7, 11) is -4.07. The van der Waals surface area contributed by atoms with Gasteiger partial charge in [0.1, 0.15) is 12.6 Å². The molecule has 3 rings (SSSR count). The average molecular weight is 536 g/mol. The molecule has 0 saturated heterocycles. The lowest BCUT2D eigenvalue weighted by atomic mass is 10.1. The zero-order valence-electron chi connectivity index (χ0n) is 22.9.